The van der Waals surface area contributed by atoms with Crippen LogP contribution in [0.1, 0.15) is 18.4 Å². The second-order valence-electron chi connectivity index (χ2n) is 4.94. The van der Waals surface area contributed by atoms with Crippen molar-refractivity contribution in [2.45, 2.75) is 19.3 Å². The third kappa shape index (κ3) is 4.74. The van der Waals surface area contributed by atoms with Gasteiger partial charge in [-0.2, -0.15) is 0 Å². The smallest absolute Gasteiger partial charge is 0.291 e. The number of Topliss-reactive ketones (excluding diaryl/α,β-unsaturated/α-hetero) is 1. The van der Waals surface area contributed by atoms with Crippen molar-refractivity contribution in [3.8, 4) is 5.75 Å². The minimum Gasteiger partial charge on any atom is -0.497 e. The number of nitrogens with one attached hydrogen (secondary N) is 1. The molecule has 0 unspecified atom stereocenters. The van der Waals surface area contributed by atoms with Crippen molar-refractivity contribution in [1.29, 1.82) is 0 Å². The van der Waals surface area contributed by atoms with Crippen molar-refractivity contribution >= 4 is 17.4 Å². The minimum atomic E-state index is -0.555. The SMILES string of the molecule is COc1ccc(CCCC(=O)C(=O)Nc2ccccc2)cc1. The molecule has 0 heterocycles. The Labute approximate surface area is 130 Å². The number of anilines is 1. The fourth-order valence-corrected chi connectivity index (χ4v) is 2.08. The van der Waals surface area contributed by atoms with Gasteiger partial charge in [-0.05, 0) is 42.7 Å². The van der Waals surface area contributed by atoms with Crippen LogP contribution in [0.2, 0.25) is 0 Å². The Balaban J connectivity index is 1.76. The number of rotatable bonds is 7. The molecule has 0 saturated heterocycles. The van der Waals surface area contributed by atoms with Crippen molar-refractivity contribution in [3.05, 3.63) is 60.2 Å². The third-order valence-electron chi connectivity index (χ3n) is 3.31. The van der Waals surface area contributed by atoms with Crippen molar-refractivity contribution < 1.29 is 14.3 Å². The van der Waals surface area contributed by atoms with E-state index in [0.29, 0.717) is 12.1 Å². The molecule has 0 aliphatic heterocycles. The number of hydrogen-bond donors (Lipinski definition) is 1. The average molecular weight is 297 g/mol. The van der Waals surface area contributed by atoms with Crippen LogP contribution in [0.4, 0.5) is 5.69 Å². The zero-order chi connectivity index (χ0) is 15.8. The first-order chi connectivity index (χ1) is 10.7. The highest BCUT2D eigenvalue weighted by atomic mass is 16.5. The monoisotopic (exact) mass is 297 g/mol. The molecular weight excluding hydrogens is 278 g/mol. The molecule has 22 heavy (non-hydrogen) atoms. The Bertz CT molecular complexity index is 621. The molecule has 0 fully saturated rings. The van der Waals surface area contributed by atoms with Crippen LogP contribution in [0.25, 0.3) is 0 Å². The van der Waals surface area contributed by atoms with E-state index in [-0.39, 0.29) is 6.42 Å². The van der Waals surface area contributed by atoms with Gasteiger partial charge in [-0.1, -0.05) is 30.3 Å². The summed E-state index contributed by atoms with van der Waals surface area (Å²) in [5, 5.41) is 2.60. The van der Waals surface area contributed by atoms with E-state index >= 15 is 0 Å². The normalized spacial score (nSPS) is 10.0. The van der Waals surface area contributed by atoms with Gasteiger partial charge in [0.05, 0.1) is 7.11 Å². The summed E-state index contributed by atoms with van der Waals surface area (Å²) < 4.78 is 5.09. The largest absolute Gasteiger partial charge is 0.497 e. The molecule has 0 spiro atoms. The number of carbonyl (C=O) groups excluding carboxylic acids is 2. The molecule has 2 aromatic rings. The second kappa shape index (κ2) is 7.98. The van der Waals surface area contributed by atoms with E-state index in [1.807, 2.05) is 42.5 Å². The predicted molar refractivity (Wildman–Crippen MR) is 86.0 cm³/mol. The number of ketones is 1. The number of hydrogen-bond acceptors (Lipinski definition) is 3. The van der Waals surface area contributed by atoms with E-state index in [1.54, 1.807) is 19.2 Å². The number of amides is 1. The molecule has 1 N–H and O–H groups in total. The number of ether oxygens (including phenoxy) is 1. The van der Waals surface area contributed by atoms with Crippen LogP contribution in [0.5, 0.6) is 5.75 Å². The molecule has 4 nitrogen and oxygen atoms in total. The van der Waals surface area contributed by atoms with Crippen LogP contribution < -0.4 is 10.1 Å². The highest BCUT2D eigenvalue weighted by Crippen LogP contribution is 2.13. The average Bonchev–Trinajstić information content (AvgIpc) is 2.56. The van der Waals surface area contributed by atoms with E-state index in [4.69, 9.17) is 4.74 Å². The van der Waals surface area contributed by atoms with E-state index in [9.17, 15) is 9.59 Å². The molecule has 0 aliphatic rings. The topological polar surface area (TPSA) is 55.4 Å². The van der Waals surface area contributed by atoms with Gasteiger partial charge in [-0.15, -0.1) is 0 Å². The predicted octanol–water partition coefficient (Wildman–Crippen LogP) is 3.23. The highest BCUT2D eigenvalue weighted by Gasteiger charge is 2.13. The summed E-state index contributed by atoms with van der Waals surface area (Å²) in [6, 6.07) is 16.7. The fraction of sp³-hybridized carbons (Fsp3) is 0.222. The molecule has 0 radical (unpaired) electrons. The first kappa shape index (κ1) is 15.8. The summed E-state index contributed by atoms with van der Waals surface area (Å²) in [4.78, 5) is 23.6. The van der Waals surface area contributed by atoms with E-state index in [1.165, 1.54) is 0 Å². The van der Waals surface area contributed by atoms with E-state index in [0.717, 1.165) is 17.7 Å². The highest BCUT2D eigenvalue weighted by molar-refractivity contribution is 6.40. The first-order valence-corrected chi connectivity index (χ1v) is 7.21. The molecular formula is C18H19NO3. The first-order valence-electron chi connectivity index (χ1n) is 7.21. The van der Waals surface area contributed by atoms with E-state index in [2.05, 4.69) is 5.32 Å². The number of benzene rings is 2. The molecule has 2 aromatic carbocycles. The zero-order valence-corrected chi connectivity index (χ0v) is 12.5. The maximum absolute atomic E-state index is 11.8. The summed E-state index contributed by atoms with van der Waals surface area (Å²) in [6.07, 6.45) is 1.65. The minimum absolute atomic E-state index is 0.241. The van der Waals surface area contributed by atoms with Gasteiger partial charge in [0, 0.05) is 12.1 Å². The Morgan fingerprint density at radius 3 is 2.32 bits per heavy atom. The third-order valence-corrected chi connectivity index (χ3v) is 3.31. The van der Waals surface area contributed by atoms with Gasteiger partial charge in [-0.25, -0.2) is 0 Å². The molecule has 0 atom stereocenters. The molecule has 0 aromatic heterocycles. The lowest BCUT2D eigenvalue weighted by Crippen LogP contribution is -2.22. The van der Waals surface area contributed by atoms with Gasteiger partial charge >= 0.3 is 0 Å². The number of methoxy groups -OCH3 is 1. The Morgan fingerprint density at radius 1 is 1.00 bits per heavy atom. The van der Waals surface area contributed by atoms with Gasteiger partial charge < -0.3 is 10.1 Å². The molecule has 0 bridgehead atoms. The quantitative estimate of drug-likeness (QED) is 0.798. The van der Waals surface area contributed by atoms with Crippen LogP contribution in [0.15, 0.2) is 54.6 Å². The number of carbonyl (C=O) groups is 2. The molecule has 2 rings (SSSR count). The maximum Gasteiger partial charge on any atom is 0.291 e. The lowest BCUT2D eigenvalue weighted by molar-refractivity contribution is -0.134. The van der Waals surface area contributed by atoms with Crippen molar-refractivity contribution in [2.75, 3.05) is 12.4 Å². The number of para-hydroxylation sites is 1. The van der Waals surface area contributed by atoms with Gasteiger partial charge in [0.2, 0.25) is 5.78 Å². The summed E-state index contributed by atoms with van der Waals surface area (Å²) in [5.41, 5.74) is 1.76. The lowest BCUT2D eigenvalue weighted by atomic mass is 10.1. The molecule has 0 saturated carbocycles. The fourth-order valence-electron chi connectivity index (χ4n) is 2.08. The summed E-state index contributed by atoms with van der Waals surface area (Å²) in [5.74, 6) is -0.139. The Morgan fingerprint density at radius 2 is 1.68 bits per heavy atom. The summed E-state index contributed by atoms with van der Waals surface area (Å²) in [7, 11) is 1.62. The van der Waals surface area contributed by atoms with Gasteiger partial charge in [0.1, 0.15) is 5.75 Å². The van der Waals surface area contributed by atoms with Crippen molar-refractivity contribution in [1.82, 2.24) is 0 Å². The maximum atomic E-state index is 11.8. The second-order valence-corrected chi connectivity index (χ2v) is 4.94. The molecule has 4 heteroatoms. The summed E-state index contributed by atoms with van der Waals surface area (Å²) in [6.45, 7) is 0. The van der Waals surface area contributed by atoms with Crippen molar-refractivity contribution in [3.63, 3.8) is 0 Å². The standard InChI is InChI=1S/C18H19NO3/c1-22-16-12-10-14(11-13-16)6-5-9-17(20)18(21)19-15-7-3-2-4-8-15/h2-4,7-8,10-13H,5-6,9H2,1H3,(H,19,21). The van der Waals surface area contributed by atoms with Crippen molar-refractivity contribution in [2.24, 2.45) is 0 Å². The van der Waals surface area contributed by atoms with Crippen LogP contribution in [-0.4, -0.2) is 18.8 Å². The molecule has 0 aliphatic carbocycles. The van der Waals surface area contributed by atoms with Gasteiger partial charge in [-0.3, -0.25) is 9.59 Å². The van der Waals surface area contributed by atoms with Crippen LogP contribution >= 0.6 is 0 Å². The van der Waals surface area contributed by atoms with Gasteiger partial charge in [0.15, 0.2) is 0 Å². The van der Waals surface area contributed by atoms with Crippen LogP contribution in [0, 0.1) is 0 Å². The van der Waals surface area contributed by atoms with Gasteiger partial charge in [0.25, 0.3) is 5.91 Å². The zero-order valence-electron chi connectivity index (χ0n) is 12.5. The Hall–Kier alpha value is -2.62. The lowest BCUT2D eigenvalue weighted by Gasteiger charge is -2.05. The number of aryl methyl sites for hydroxylation is 1. The Kier molecular flexibility index (Phi) is 5.72. The van der Waals surface area contributed by atoms with E-state index < -0.39 is 11.7 Å². The summed E-state index contributed by atoms with van der Waals surface area (Å²) >= 11 is 0. The molecule has 114 valence electrons. The van der Waals surface area contributed by atoms with Crippen LogP contribution in [0.3, 0.4) is 0 Å². The van der Waals surface area contributed by atoms with Crippen LogP contribution in [-0.2, 0) is 16.0 Å². The molecule has 1 amide bonds.